The standard InChI is InChI=1S/C20H17N5OS/c26-13-14-10-17(22-19(11-14)24-6-1-2-7-24)15-12-21-25-8-5-16(23-20(15)25)18-4-3-9-27-18/h3-5,8-13H,1-2,6-7H2. The number of carbonyl (C=O) groups excluding carboxylic acids is 1. The normalized spacial score (nSPS) is 14.1. The Labute approximate surface area is 160 Å². The van der Waals surface area contributed by atoms with Gasteiger partial charge in [-0.15, -0.1) is 11.3 Å². The first-order chi connectivity index (χ1) is 13.3. The number of rotatable bonds is 4. The van der Waals surface area contributed by atoms with Gasteiger partial charge in [0, 0.05) is 24.8 Å². The quantitative estimate of drug-likeness (QED) is 0.506. The fraction of sp³-hybridized carbons (Fsp3) is 0.200. The summed E-state index contributed by atoms with van der Waals surface area (Å²) in [6, 6.07) is 9.69. The van der Waals surface area contributed by atoms with Crippen molar-refractivity contribution < 1.29 is 4.79 Å². The van der Waals surface area contributed by atoms with E-state index in [1.54, 1.807) is 22.0 Å². The maximum atomic E-state index is 11.5. The minimum absolute atomic E-state index is 0.621. The van der Waals surface area contributed by atoms with Crippen molar-refractivity contribution in [1.29, 1.82) is 0 Å². The predicted molar refractivity (Wildman–Crippen MR) is 106 cm³/mol. The van der Waals surface area contributed by atoms with Gasteiger partial charge >= 0.3 is 0 Å². The molecular weight excluding hydrogens is 358 g/mol. The van der Waals surface area contributed by atoms with E-state index in [1.165, 1.54) is 0 Å². The van der Waals surface area contributed by atoms with Crippen LogP contribution in [0.2, 0.25) is 0 Å². The third kappa shape index (κ3) is 2.90. The van der Waals surface area contributed by atoms with Gasteiger partial charge in [-0.05, 0) is 42.5 Å². The van der Waals surface area contributed by atoms with Crippen LogP contribution in [0.5, 0.6) is 0 Å². The second-order valence-corrected chi connectivity index (χ2v) is 7.52. The largest absolute Gasteiger partial charge is 0.357 e. The Morgan fingerprint density at radius 1 is 1.07 bits per heavy atom. The molecule has 1 saturated heterocycles. The van der Waals surface area contributed by atoms with Crippen LogP contribution in [0, 0.1) is 0 Å². The van der Waals surface area contributed by atoms with Gasteiger partial charge in [0.15, 0.2) is 5.65 Å². The van der Waals surface area contributed by atoms with Crippen LogP contribution in [-0.4, -0.2) is 39.0 Å². The van der Waals surface area contributed by atoms with Gasteiger partial charge in [0.1, 0.15) is 12.1 Å². The monoisotopic (exact) mass is 375 g/mol. The molecule has 5 heterocycles. The second-order valence-electron chi connectivity index (χ2n) is 6.57. The molecule has 0 amide bonds. The predicted octanol–water partition coefficient (Wildman–Crippen LogP) is 3.93. The highest BCUT2D eigenvalue weighted by atomic mass is 32.1. The maximum absolute atomic E-state index is 11.5. The van der Waals surface area contributed by atoms with Crippen LogP contribution < -0.4 is 4.90 Å². The zero-order valence-electron chi connectivity index (χ0n) is 14.6. The van der Waals surface area contributed by atoms with Crippen molar-refractivity contribution in [1.82, 2.24) is 19.6 Å². The van der Waals surface area contributed by atoms with Gasteiger partial charge in [-0.25, -0.2) is 14.5 Å². The summed E-state index contributed by atoms with van der Waals surface area (Å²) < 4.78 is 1.75. The molecule has 134 valence electrons. The van der Waals surface area contributed by atoms with Crippen LogP contribution in [0.15, 0.2) is 48.1 Å². The lowest BCUT2D eigenvalue weighted by Crippen LogP contribution is -2.19. The van der Waals surface area contributed by atoms with Crippen LogP contribution in [0.3, 0.4) is 0 Å². The Kier molecular flexibility index (Phi) is 3.94. The number of nitrogens with zero attached hydrogens (tertiary/aromatic N) is 5. The molecule has 4 aromatic heterocycles. The van der Waals surface area contributed by atoms with Crippen molar-refractivity contribution in [3.63, 3.8) is 0 Å². The van der Waals surface area contributed by atoms with E-state index in [-0.39, 0.29) is 0 Å². The second kappa shape index (κ2) is 6.59. The highest BCUT2D eigenvalue weighted by molar-refractivity contribution is 7.13. The summed E-state index contributed by atoms with van der Waals surface area (Å²) >= 11 is 1.65. The maximum Gasteiger partial charge on any atom is 0.165 e. The Hall–Kier alpha value is -3.06. The Morgan fingerprint density at radius 2 is 1.96 bits per heavy atom. The Morgan fingerprint density at radius 3 is 2.74 bits per heavy atom. The average molecular weight is 375 g/mol. The molecular formula is C20H17N5OS. The van der Waals surface area contributed by atoms with Crippen LogP contribution in [0.1, 0.15) is 23.2 Å². The number of hydrogen-bond donors (Lipinski definition) is 0. The third-order valence-corrected chi connectivity index (χ3v) is 5.71. The number of aldehydes is 1. The average Bonchev–Trinajstić information content (AvgIpc) is 3.48. The fourth-order valence-corrected chi connectivity index (χ4v) is 4.16. The molecule has 0 spiro atoms. The number of anilines is 1. The van der Waals surface area contributed by atoms with E-state index < -0.39 is 0 Å². The number of carbonyl (C=O) groups is 1. The van der Waals surface area contributed by atoms with Crippen molar-refractivity contribution >= 4 is 29.1 Å². The highest BCUT2D eigenvalue weighted by Crippen LogP contribution is 2.29. The zero-order chi connectivity index (χ0) is 18.2. The third-order valence-electron chi connectivity index (χ3n) is 4.82. The molecule has 0 saturated carbocycles. The minimum atomic E-state index is 0.621. The van der Waals surface area contributed by atoms with Crippen molar-refractivity contribution in [2.75, 3.05) is 18.0 Å². The van der Waals surface area contributed by atoms with E-state index >= 15 is 0 Å². The van der Waals surface area contributed by atoms with Crippen LogP contribution in [0.25, 0.3) is 27.5 Å². The number of thiophene rings is 1. The molecule has 1 fully saturated rings. The van der Waals surface area contributed by atoms with E-state index in [9.17, 15) is 4.79 Å². The summed E-state index contributed by atoms with van der Waals surface area (Å²) in [5.74, 6) is 0.848. The first-order valence-corrected chi connectivity index (χ1v) is 9.81. The van der Waals surface area contributed by atoms with E-state index in [1.807, 2.05) is 35.8 Å². The Balaban J connectivity index is 1.65. The SMILES string of the molecule is O=Cc1cc(-c2cnn3ccc(-c4cccs4)nc23)nc(N2CCCC2)c1. The summed E-state index contributed by atoms with van der Waals surface area (Å²) in [5, 5.41) is 6.45. The van der Waals surface area contributed by atoms with Gasteiger partial charge in [0.2, 0.25) is 0 Å². The molecule has 0 radical (unpaired) electrons. The van der Waals surface area contributed by atoms with Crippen molar-refractivity contribution in [2.45, 2.75) is 12.8 Å². The minimum Gasteiger partial charge on any atom is -0.357 e. The topological polar surface area (TPSA) is 63.4 Å². The molecule has 1 aliphatic heterocycles. The van der Waals surface area contributed by atoms with E-state index in [0.717, 1.165) is 65.5 Å². The molecule has 0 unspecified atom stereocenters. The molecule has 6 nitrogen and oxygen atoms in total. The smallest absolute Gasteiger partial charge is 0.165 e. The van der Waals surface area contributed by atoms with E-state index in [2.05, 4.69) is 16.1 Å². The first-order valence-electron chi connectivity index (χ1n) is 8.93. The van der Waals surface area contributed by atoms with Gasteiger partial charge in [-0.3, -0.25) is 4.79 Å². The molecule has 0 N–H and O–H groups in total. The van der Waals surface area contributed by atoms with Crippen LogP contribution >= 0.6 is 11.3 Å². The number of pyridine rings is 1. The van der Waals surface area contributed by atoms with Crippen LogP contribution in [0.4, 0.5) is 5.82 Å². The zero-order valence-corrected chi connectivity index (χ0v) is 15.4. The lowest BCUT2D eigenvalue weighted by Gasteiger charge is -2.17. The number of fused-ring (bicyclic) bond motifs is 1. The lowest BCUT2D eigenvalue weighted by atomic mass is 10.1. The molecule has 0 aliphatic carbocycles. The van der Waals surface area contributed by atoms with Crippen molar-refractivity contribution in [3.8, 4) is 21.8 Å². The van der Waals surface area contributed by atoms with Crippen LogP contribution in [-0.2, 0) is 0 Å². The first kappa shape index (κ1) is 16.1. The Bertz CT molecular complexity index is 1110. The lowest BCUT2D eigenvalue weighted by molar-refractivity contribution is 0.112. The van der Waals surface area contributed by atoms with Gasteiger partial charge in [0.25, 0.3) is 0 Å². The molecule has 0 atom stereocenters. The summed E-state index contributed by atoms with van der Waals surface area (Å²) in [5.41, 5.74) is 3.83. The summed E-state index contributed by atoms with van der Waals surface area (Å²) in [6.07, 6.45) is 6.87. The molecule has 5 rings (SSSR count). The van der Waals surface area contributed by atoms with Gasteiger partial charge < -0.3 is 4.90 Å². The number of hydrogen-bond acceptors (Lipinski definition) is 6. The van der Waals surface area contributed by atoms with E-state index in [4.69, 9.17) is 9.97 Å². The summed E-state index contributed by atoms with van der Waals surface area (Å²) in [6.45, 7) is 1.95. The molecule has 4 aromatic rings. The molecule has 27 heavy (non-hydrogen) atoms. The van der Waals surface area contributed by atoms with E-state index in [0.29, 0.717) is 5.56 Å². The fourth-order valence-electron chi connectivity index (χ4n) is 3.46. The highest BCUT2D eigenvalue weighted by Gasteiger charge is 2.18. The molecule has 0 bridgehead atoms. The number of aromatic nitrogens is 4. The van der Waals surface area contributed by atoms with Crippen molar-refractivity contribution in [3.05, 3.63) is 53.7 Å². The molecule has 7 heteroatoms. The van der Waals surface area contributed by atoms with Gasteiger partial charge in [-0.2, -0.15) is 5.10 Å². The van der Waals surface area contributed by atoms with Crippen molar-refractivity contribution in [2.24, 2.45) is 0 Å². The molecule has 0 aromatic carbocycles. The van der Waals surface area contributed by atoms with Gasteiger partial charge in [0.05, 0.1) is 28.0 Å². The molecule has 1 aliphatic rings. The van der Waals surface area contributed by atoms with Gasteiger partial charge in [-0.1, -0.05) is 6.07 Å². The summed E-state index contributed by atoms with van der Waals surface area (Å²) in [4.78, 5) is 24.5. The summed E-state index contributed by atoms with van der Waals surface area (Å²) in [7, 11) is 0.